The van der Waals surface area contributed by atoms with Crippen LogP contribution in [0.4, 0.5) is 0 Å². The van der Waals surface area contributed by atoms with E-state index >= 15 is 0 Å². The van der Waals surface area contributed by atoms with E-state index in [0.717, 1.165) is 44.9 Å². The fourth-order valence-corrected chi connectivity index (χ4v) is 6.66. The highest BCUT2D eigenvalue weighted by molar-refractivity contribution is 5.99. The molecule has 2 amide bonds. The highest BCUT2D eigenvalue weighted by Crippen LogP contribution is 2.53. The highest BCUT2D eigenvalue weighted by atomic mass is 16.6. The summed E-state index contributed by atoms with van der Waals surface area (Å²) < 4.78 is 12.2. The van der Waals surface area contributed by atoms with Crippen LogP contribution in [0.15, 0.2) is 24.3 Å². The molecule has 6 atom stereocenters. The van der Waals surface area contributed by atoms with Gasteiger partial charge in [-0.2, -0.15) is 0 Å². The van der Waals surface area contributed by atoms with E-state index in [2.05, 4.69) is 0 Å². The van der Waals surface area contributed by atoms with Crippen molar-refractivity contribution < 1.29 is 29.0 Å². The number of carbonyl (C=O) groups excluding carboxylic acids is 3. The molecule has 5 aliphatic rings. The molecule has 0 bridgehead atoms. The Morgan fingerprint density at radius 1 is 1.09 bits per heavy atom. The molecule has 1 spiro atoms. The number of hydrogen-bond donors (Lipinski definition) is 1. The molecule has 8 nitrogen and oxygen atoms in total. The van der Waals surface area contributed by atoms with Crippen LogP contribution in [0.5, 0.6) is 0 Å². The smallest absolute Gasteiger partial charge is 0.312 e. The molecule has 4 heterocycles. The fourth-order valence-electron chi connectivity index (χ4n) is 6.66. The topological polar surface area (TPSA) is 96.4 Å². The average Bonchev–Trinajstić information content (AvgIpc) is 3.24. The van der Waals surface area contributed by atoms with E-state index in [1.807, 2.05) is 29.2 Å². The molecule has 0 radical (unpaired) electrons. The van der Waals surface area contributed by atoms with Crippen LogP contribution < -0.4 is 0 Å². The molecule has 34 heavy (non-hydrogen) atoms. The minimum Gasteiger partial charge on any atom is -0.465 e. The van der Waals surface area contributed by atoms with Crippen LogP contribution in [-0.4, -0.2) is 82.3 Å². The summed E-state index contributed by atoms with van der Waals surface area (Å²) in [6.07, 6.45) is 14.8. The van der Waals surface area contributed by atoms with Crippen molar-refractivity contribution in [2.45, 2.75) is 88.1 Å². The number of ether oxygens (including phenoxy) is 2. The lowest BCUT2D eigenvalue weighted by atomic mass is 9.77. The Bertz CT molecular complexity index is 881. The van der Waals surface area contributed by atoms with E-state index in [9.17, 15) is 19.5 Å². The number of amides is 2. The Morgan fingerprint density at radius 2 is 1.88 bits per heavy atom. The van der Waals surface area contributed by atoms with Gasteiger partial charge in [0, 0.05) is 12.6 Å². The lowest BCUT2D eigenvalue weighted by Gasteiger charge is -2.40. The summed E-state index contributed by atoms with van der Waals surface area (Å²) in [6.45, 7) is 2.24. The minimum atomic E-state index is -1.26. The van der Waals surface area contributed by atoms with Crippen molar-refractivity contribution in [2.24, 2.45) is 11.8 Å². The van der Waals surface area contributed by atoms with Gasteiger partial charge in [-0.05, 0) is 39.0 Å². The number of allylic oxidation sites excluding steroid dienone is 1. The third kappa shape index (κ3) is 3.70. The lowest BCUT2D eigenvalue weighted by Crippen LogP contribution is -2.59. The number of esters is 1. The molecule has 0 aromatic carbocycles. The van der Waals surface area contributed by atoms with Crippen LogP contribution in [0.25, 0.3) is 0 Å². The van der Waals surface area contributed by atoms with E-state index in [-0.39, 0.29) is 24.5 Å². The van der Waals surface area contributed by atoms with Crippen LogP contribution in [0.1, 0.15) is 58.3 Å². The van der Waals surface area contributed by atoms with Gasteiger partial charge in [0.1, 0.15) is 17.6 Å². The first kappa shape index (κ1) is 23.5. The van der Waals surface area contributed by atoms with Crippen molar-refractivity contribution in [2.75, 3.05) is 19.8 Å². The molecule has 2 saturated heterocycles. The SMILES string of the molecule is C[C@H](CO)N1C(=O)[C@@H]2[C@@H]3C(=O)OCCCC/C=C\[C@@H]3O[C@@]23C=CCN(C2CCCCC2)C(=O)C13. The Morgan fingerprint density at radius 3 is 2.65 bits per heavy atom. The summed E-state index contributed by atoms with van der Waals surface area (Å²) in [5, 5.41) is 9.99. The maximum atomic E-state index is 14.2. The summed E-state index contributed by atoms with van der Waals surface area (Å²) in [6, 6.07) is -1.35. The maximum Gasteiger partial charge on any atom is 0.312 e. The Hall–Kier alpha value is -2.19. The number of nitrogens with zero attached hydrogens (tertiary/aromatic N) is 2. The Labute approximate surface area is 200 Å². The molecular formula is C26H36N2O6. The first-order valence-electron chi connectivity index (χ1n) is 12.9. The third-order valence-corrected chi connectivity index (χ3v) is 8.32. The van der Waals surface area contributed by atoms with E-state index < -0.39 is 41.6 Å². The highest BCUT2D eigenvalue weighted by Gasteiger charge is 2.72. The molecule has 4 aliphatic heterocycles. The summed E-state index contributed by atoms with van der Waals surface area (Å²) in [4.78, 5) is 44.7. The van der Waals surface area contributed by atoms with Crippen molar-refractivity contribution in [3.63, 3.8) is 0 Å². The zero-order valence-electron chi connectivity index (χ0n) is 19.9. The normalized spacial score (nSPS) is 38.6. The van der Waals surface area contributed by atoms with Crippen molar-refractivity contribution >= 4 is 17.8 Å². The quantitative estimate of drug-likeness (QED) is 0.498. The lowest BCUT2D eigenvalue weighted by molar-refractivity contribution is -0.156. The first-order valence-corrected chi connectivity index (χ1v) is 12.9. The van der Waals surface area contributed by atoms with E-state index in [1.165, 1.54) is 11.3 Å². The molecular weight excluding hydrogens is 436 g/mol. The van der Waals surface area contributed by atoms with Gasteiger partial charge in [-0.15, -0.1) is 0 Å². The van der Waals surface area contributed by atoms with Crippen molar-refractivity contribution in [1.82, 2.24) is 9.80 Å². The second kappa shape index (κ2) is 9.46. The third-order valence-electron chi connectivity index (χ3n) is 8.32. The fraction of sp³-hybridized carbons (Fsp3) is 0.731. The number of cyclic esters (lactones) is 1. The van der Waals surface area contributed by atoms with Crippen LogP contribution in [-0.2, 0) is 23.9 Å². The number of fused-ring (bicyclic) bond motifs is 2. The number of aliphatic hydroxyl groups is 1. The monoisotopic (exact) mass is 472 g/mol. The zero-order valence-corrected chi connectivity index (χ0v) is 19.9. The van der Waals surface area contributed by atoms with Crippen molar-refractivity contribution in [1.29, 1.82) is 0 Å². The molecule has 0 aromatic rings. The van der Waals surface area contributed by atoms with E-state index in [4.69, 9.17) is 9.47 Å². The standard InChI is InChI=1S/C26H36N2O6/c1-17(16-29)28-22-24(31)27(18-10-5-4-6-11-18)14-9-13-26(22)21(23(28)30)20-19(34-26)12-7-2-3-8-15-33-25(20)32/h7,9,12-13,17-22,29H,2-6,8,10-11,14-16H2,1H3/b12-7-/t17-,19+,20-,21+,22?,26+/m1/s1. The van der Waals surface area contributed by atoms with E-state index in [0.29, 0.717) is 13.2 Å². The predicted molar refractivity (Wildman–Crippen MR) is 123 cm³/mol. The zero-order chi connectivity index (χ0) is 23.9. The van der Waals surface area contributed by atoms with Gasteiger partial charge in [0.05, 0.1) is 31.3 Å². The van der Waals surface area contributed by atoms with Gasteiger partial charge in [0.15, 0.2) is 0 Å². The number of aliphatic hydroxyl groups excluding tert-OH is 1. The minimum absolute atomic E-state index is 0.133. The summed E-state index contributed by atoms with van der Waals surface area (Å²) in [5.74, 6) is -2.59. The number of hydrogen-bond acceptors (Lipinski definition) is 6. The molecule has 3 fully saturated rings. The second-order valence-corrected chi connectivity index (χ2v) is 10.4. The van der Waals surface area contributed by atoms with Gasteiger partial charge in [-0.3, -0.25) is 14.4 Å². The molecule has 0 aromatic heterocycles. The Kier molecular flexibility index (Phi) is 6.55. The largest absolute Gasteiger partial charge is 0.465 e. The first-order chi connectivity index (χ1) is 16.5. The van der Waals surface area contributed by atoms with Gasteiger partial charge >= 0.3 is 5.97 Å². The van der Waals surface area contributed by atoms with Gasteiger partial charge in [0.2, 0.25) is 11.8 Å². The molecule has 186 valence electrons. The van der Waals surface area contributed by atoms with Gasteiger partial charge in [0.25, 0.3) is 0 Å². The summed E-state index contributed by atoms with van der Waals surface area (Å²) in [7, 11) is 0. The van der Waals surface area contributed by atoms with Crippen LogP contribution >= 0.6 is 0 Å². The van der Waals surface area contributed by atoms with Crippen LogP contribution in [0, 0.1) is 11.8 Å². The average molecular weight is 473 g/mol. The number of carbonyl (C=O) groups is 3. The molecule has 1 saturated carbocycles. The summed E-state index contributed by atoms with van der Waals surface area (Å²) in [5.41, 5.74) is -1.26. The van der Waals surface area contributed by atoms with Gasteiger partial charge in [-0.1, -0.05) is 43.6 Å². The van der Waals surface area contributed by atoms with Gasteiger partial charge in [-0.25, -0.2) is 0 Å². The molecule has 1 N–H and O–H groups in total. The number of rotatable bonds is 3. The predicted octanol–water partition coefficient (Wildman–Crippen LogP) is 1.96. The van der Waals surface area contributed by atoms with Gasteiger partial charge < -0.3 is 24.4 Å². The Balaban J connectivity index is 1.58. The number of likely N-dealkylation sites (tertiary alicyclic amines) is 1. The van der Waals surface area contributed by atoms with E-state index in [1.54, 1.807) is 6.92 Å². The van der Waals surface area contributed by atoms with Crippen LogP contribution in [0.2, 0.25) is 0 Å². The van der Waals surface area contributed by atoms with Crippen molar-refractivity contribution in [3.8, 4) is 0 Å². The van der Waals surface area contributed by atoms with Crippen molar-refractivity contribution in [3.05, 3.63) is 24.3 Å². The molecule has 1 unspecified atom stereocenters. The van der Waals surface area contributed by atoms with Crippen LogP contribution in [0.3, 0.4) is 0 Å². The maximum absolute atomic E-state index is 14.2. The molecule has 5 rings (SSSR count). The molecule has 8 heteroatoms. The second-order valence-electron chi connectivity index (χ2n) is 10.4. The summed E-state index contributed by atoms with van der Waals surface area (Å²) >= 11 is 0. The molecule has 1 aliphatic carbocycles.